The minimum Gasteiger partial charge on any atom is -0.507 e. The second-order valence-corrected chi connectivity index (χ2v) is 5.22. The van der Waals surface area contributed by atoms with Crippen LogP contribution in [0.4, 0.5) is 5.69 Å². The molecule has 4 nitrogen and oxygen atoms in total. The molecule has 1 aromatic carbocycles. The number of anilines is 1. The Morgan fingerprint density at radius 1 is 1.47 bits per heavy atom. The van der Waals surface area contributed by atoms with Crippen LogP contribution in [0.3, 0.4) is 0 Å². The van der Waals surface area contributed by atoms with E-state index in [2.05, 4.69) is 4.90 Å². The quantitative estimate of drug-likeness (QED) is 0.817. The van der Waals surface area contributed by atoms with Crippen molar-refractivity contribution in [3.63, 3.8) is 0 Å². The largest absolute Gasteiger partial charge is 0.507 e. The van der Waals surface area contributed by atoms with Crippen molar-refractivity contribution in [1.29, 1.82) is 0 Å². The second kappa shape index (κ2) is 6.06. The smallest absolute Gasteiger partial charge is 0.163 e. The van der Waals surface area contributed by atoms with Crippen LogP contribution >= 0.6 is 0 Å². The molecule has 0 radical (unpaired) electrons. The Hall–Kier alpha value is -1.55. The summed E-state index contributed by atoms with van der Waals surface area (Å²) in [5.74, 6) is 0.434. The van der Waals surface area contributed by atoms with E-state index in [4.69, 9.17) is 5.11 Å². The number of aliphatic hydroxyl groups is 1. The summed E-state index contributed by atoms with van der Waals surface area (Å²) in [6.45, 7) is 3.54. The minimum absolute atomic E-state index is 0.0503. The summed E-state index contributed by atoms with van der Waals surface area (Å²) in [5.41, 5.74) is 1.32. The maximum Gasteiger partial charge on any atom is 0.163 e. The number of piperidine rings is 1. The molecule has 1 aromatic rings. The van der Waals surface area contributed by atoms with Gasteiger partial charge in [-0.15, -0.1) is 0 Å². The number of hydrogen-bond donors (Lipinski definition) is 2. The molecular formula is C15H21NO3. The van der Waals surface area contributed by atoms with Crippen molar-refractivity contribution in [2.75, 3.05) is 24.6 Å². The third-order valence-electron chi connectivity index (χ3n) is 3.78. The predicted octanol–water partition coefficient (Wildman–Crippen LogP) is 2.19. The number of benzene rings is 1. The number of phenols is 1. The Kier molecular flexibility index (Phi) is 4.43. The van der Waals surface area contributed by atoms with Crippen molar-refractivity contribution >= 4 is 11.5 Å². The van der Waals surface area contributed by atoms with Crippen LogP contribution in [-0.2, 0) is 0 Å². The van der Waals surface area contributed by atoms with Crippen molar-refractivity contribution in [2.24, 2.45) is 5.92 Å². The summed E-state index contributed by atoms with van der Waals surface area (Å²) in [6, 6.07) is 5.23. The number of carbonyl (C=O) groups is 1. The lowest BCUT2D eigenvalue weighted by atomic mass is 9.94. The molecule has 1 saturated heterocycles. The molecule has 0 aliphatic carbocycles. The summed E-state index contributed by atoms with van der Waals surface area (Å²) in [5, 5.41) is 18.9. The van der Waals surface area contributed by atoms with Crippen LogP contribution in [0.2, 0.25) is 0 Å². The monoisotopic (exact) mass is 263 g/mol. The van der Waals surface area contributed by atoms with Gasteiger partial charge in [0, 0.05) is 31.5 Å². The van der Waals surface area contributed by atoms with E-state index in [1.54, 1.807) is 12.1 Å². The van der Waals surface area contributed by atoms with Crippen LogP contribution in [0.25, 0.3) is 0 Å². The molecule has 1 heterocycles. The fraction of sp³-hybridized carbons (Fsp3) is 0.533. The van der Waals surface area contributed by atoms with E-state index < -0.39 is 0 Å². The second-order valence-electron chi connectivity index (χ2n) is 5.22. The Labute approximate surface area is 113 Å². The first-order valence-electron chi connectivity index (χ1n) is 6.81. The van der Waals surface area contributed by atoms with Gasteiger partial charge in [0.25, 0.3) is 0 Å². The molecule has 0 amide bonds. The number of aliphatic hydroxyl groups excluding tert-OH is 1. The van der Waals surface area contributed by atoms with E-state index in [1.165, 1.54) is 6.92 Å². The molecule has 1 aliphatic heterocycles. The number of carbonyl (C=O) groups excluding carboxylic acids is 1. The first-order chi connectivity index (χ1) is 9.11. The van der Waals surface area contributed by atoms with Gasteiger partial charge >= 0.3 is 0 Å². The van der Waals surface area contributed by atoms with Crippen LogP contribution in [0.5, 0.6) is 5.75 Å². The van der Waals surface area contributed by atoms with Gasteiger partial charge in [-0.3, -0.25) is 4.79 Å². The molecule has 4 heteroatoms. The lowest BCUT2D eigenvalue weighted by Crippen LogP contribution is -2.35. The van der Waals surface area contributed by atoms with Gasteiger partial charge in [0.1, 0.15) is 5.75 Å². The van der Waals surface area contributed by atoms with Gasteiger partial charge in [-0.25, -0.2) is 0 Å². The van der Waals surface area contributed by atoms with Crippen LogP contribution in [0, 0.1) is 5.92 Å². The van der Waals surface area contributed by atoms with Crippen LogP contribution < -0.4 is 4.90 Å². The summed E-state index contributed by atoms with van der Waals surface area (Å²) in [4.78, 5) is 13.5. The molecule has 19 heavy (non-hydrogen) atoms. The first kappa shape index (κ1) is 13.9. The minimum atomic E-state index is -0.124. The molecule has 104 valence electrons. The van der Waals surface area contributed by atoms with E-state index in [1.807, 2.05) is 6.07 Å². The molecular weight excluding hydrogens is 242 g/mol. The normalized spacial score (nSPS) is 19.5. The third kappa shape index (κ3) is 3.26. The summed E-state index contributed by atoms with van der Waals surface area (Å²) >= 11 is 0. The lowest BCUT2D eigenvalue weighted by Gasteiger charge is -2.34. The zero-order valence-electron chi connectivity index (χ0n) is 11.3. The van der Waals surface area contributed by atoms with Gasteiger partial charge in [-0.2, -0.15) is 0 Å². The van der Waals surface area contributed by atoms with Gasteiger partial charge < -0.3 is 15.1 Å². The Bertz CT molecular complexity index is 457. The maximum atomic E-state index is 11.3. The van der Waals surface area contributed by atoms with E-state index in [-0.39, 0.29) is 18.1 Å². The highest BCUT2D eigenvalue weighted by atomic mass is 16.3. The van der Waals surface area contributed by atoms with Crippen molar-refractivity contribution in [3.8, 4) is 5.75 Å². The standard InChI is InChI=1S/C15H21NO3/c1-11(18)14-5-4-13(9-15(14)19)16-7-2-3-12(10-16)6-8-17/h4-5,9,12,17,19H,2-3,6-8,10H2,1H3. The predicted molar refractivity (Wildman–Crippen MR) is 74.8 cm³/mol. The van der Waals surface area contributed by atoms with Crippen LogP contribution in [0.15, 0.2) is 18.2 Å². The highest BCUT2D eigenvalue weighted by Gasteiger charge is 2.20. The fourth-order valence-corrected chi connectivity index (χ4v) is 2.73. The van der Waals surface area contributed by atoms with Gasteiger partial charge in [-0.1, -0.05) is 0 Å². The molecule has 1 unspecified atom stereocenters. The van der Waals surface area contributed by atoms with E-state index in [0.717, 1.165) is 38.0 Å². The molecule has 0 saturated carbocycles. The average Bonchev–Trinajstić information content (AvgIpc) is 2.39. The SMILES string of the molecule is CC(=O)c1ccc(N2CCCC(CCO)C2)cc1O. The number of nitrogens with zero attached hydrogens (tertiary/aromatic N) is 1. The zero-order valence-corrected chi connectivity index (χ0v) is 11.3. The molecule has 0 spiro atoms. The first-order valence-corrected chi connectivity index (χ1v) is 6.81. The van der Waals surface area contributed by atoms with Gasteiger partial charge in [0.15, 0.2) is 5.78 Å². The maximum absolute atomic E-state index is 11.3. The average molecular weight is 263 g/mol. The Morgan fingerprint density at radius 2 is 2.26 bits per heavy atom. The van der Waals surface area contributed by atoms with Crippen molar-refractivity contribution < 1.29 is 15.0 Å². The summed E-state index contributed by atoms with van der Waals surface area (Å²) in [6.07, 6.45) is 3.07. The van der Waals surface area contributed by atoms with E-state index >= 15 is 0 Å². The molecule has 0 bridgehead atoms. The molecule has 1 atom stereocenters. The van der Waals surface area contributed by atoms with Crippen molar-refractivity contribution in [3.05, 3.63) is 23.8 Å². The zero-order chi connectivity index (χ0) is 13.8. The Balaban J connectivity index is 2.13. The molecule has 0 aromatic heterocycles. The highest BCUT2D eigenvalue weighted by Crippen LogP contribution is 2.29. The summed E-state index contributed by atoms with van der Waals surface area (Å²) < 4.78 is 0. The third-order valence-corrected chi connectivity index (χ3v) is 3.78. The fourth-order valence-electron chi connectivity index (χ4n) is 2.73. The molecule has 1 aliphatic rings. The summed E-state index contributed by atoms with van der Waals surface area (Å²) in [7, 11) is 0. The number of aromatic hydroxyl groups is 1. The Morgan fingerprint density at radius 3 is 2.89 bits per heavy atom. The van der Waals surface area contributed by atoms with E-state index in [9.17, 15) is 9.90 Å². The lowest BCUT2D eigenvalue weighted by molar-refractivity contribution is 0.101. The number of hydrogen-bond acceptors (Lipinski definition) is 4. The van der Waals surface area contributed by atoms with Crippen LogP contribution in [0.1, 0.15) is 36.5 Å². The molecule has 2 rings (SSSR count). The number of phenolic OH excluding ortho intramolecular Hbond substituents is 1. The van der Waals surface area contributed by atoms with E-state index in [0.29, 0.717) is 11.5 Å². The number of Topliss-reactive ketones (excluding diaryl/α,β-unsaturated/α-hetero) is 1. The van der Waals surface area contributed by atoms with Gasteiger partial charge in [-0.05, 0) is 44.2 Å². The van der Waals surface area contributed by atoms with Gasteiger partial charge in [0.05, 0.1) is 5.56 Å². The number of ketones is 1. The highest BCUT2D eigenvalue weighted by molar-refractivity contribution is 5.97. The van der Waals surface area contributed by atoms with Crippen molar-refractivity contribution in [2.45, 2.75) is 26.2 Å². The van der Waals surface area contributed by atoms with Crippen LogP contribution in [-0.4, -0.2) is 35.7 Å². The molecule has 1 fully saturated rings. The topological polar surface area (TPSA) is 60.8 Å². The van der Waals surface area contributed by atoms with Crippen molar-refractivity contribution in [1.82, 2.24) is 0 Å². The van der Waals surface area contributed by atoms with Gasteiger partial charge in [0.2, 0.25) is 0 Å². The number of rotatable bonds is 4. The molecule has 2 N–H and O–H groups in total.